The van der Waals surface area contributed by atoms with Crippen LogP contribution in [0.4, 0.5) is 10.2 Å². The van der Waals surface area contributed by atoms with Crippen molar-refractivity contribution < 1.29 is 13.9 Å². The molecule has 0 saturated heterocycles. The summed E-state index contributed by atoms with van der Waals surface area (Å²) in [4.78, 5) is 20.6. The highest BCUT2D eigenvalue weighted by Gasteiger charge is 2.17. The predicted molar refractivity (Wildman–Crippen MR) is 106 cm³/mol. The lowest BCUT2D eigenvalue weighted by Gasteiger charge is -2.22. The molecule has 1 aromatic carbocycles. The number of aromatic nitrogens is 4. The van der Waals surface area contributed by atoms with Crippen LogP contribution >= 0.6 is 0 Å². The van der Waals surface area contributed by atoms with Gasteiger partial charge in [0.2, 0.25) is 0 Å². The first-order valence-electron chi connectivity index (χ1n) is 9.74. The highest BCUT2D eigenvalue weighted by Crippen LogP contribution is 2.27. The van der Waals surface area contributed by atoms with E-state index in [2.05, 4.69) is 20.4 Å². The minimum Gasteiger partial charge on any atom is -0.489 e. The van der Waals surface area contributed by atoms with E-state index in [9.17, 15) is 9.18 Å². The molecule has 8 heteroatoms. The van der Waals surface area contributed by atoms with Gasteiger partial charge in [0.25, 0.3) is 5.91 Å². The number of rotatable bonds is 6. The lowest BCUT2D eigenvalue weighted by atomic mass is 9.90. The Hall–Kier alpha value is -3.29. The zero-order chi connectivity index (χ0) is 20.1. The molecule has 1 aliphatic rings. The van der Waals surface area contributed by atoms with E-state index in [0.717, 1.165) is 6.07 Å². The molecule has 1 N–H and O–H groups in total. The maximum atomic E-state index is 14.4. The minimum absolute atomic E-state index is 0.176. The molecule has 7 nitrogen and oxygen atoms in total. The van der Waals surface area contributed by atoms with Gasteiger partial charge in [-0.05, 0) is 49.1 Å². The van der Waals surface area contributed by atoms with Crippen LogP contribution in [0.25, 0.3) is 5.69 Å². The molecule has 0 aliphatic heterocycles. The van der Waals surface area contributed by atoms with Crippen LogP contribution in [0.15, 0.2) is 49.2 Å². The molecule has 2 heterocycles. The third kappa shape index (κ3) is 4.59. The molecule has 0 bridgehead atoms. The van der Waals surface area contributed by atoms with E-state index in [1.807, 2.05) is 0 Å². The molecule has 1 amide bonds. The molecular weight excluding hydrogens is 373 g/mol. The first-order valence-corrected chi connectivity index (χ1v) is 9.74. The molecule has 1 fully saturated rings. The van der Waals surface area contributed by atoms with E-state index in [-0.39, 0.29) is 11.3 Å². The number of nitrogens with zero attached hydrogens (tertiary/aromatic N) is 4. The highest BCUT2D eigenvalue weighted by atomic mass is 19.1. The third-order valence-corrected chi connectivity index (χ3v) is 5.08. The van der Waals surface area contributed by atoms with Crippen molar-refractivity contribution in [2.24, 2.45) is 5.92 Å². The van der Waals surface area contributed by atoms with E-state index in [1.165, 1.54) is 61.6 Å². The molecular formula is C21H22FN5O2. The second kappa shape index (κ2) is 8.81. The number of benzene rings is 1. The molecule has 29 heavy (non-hydrogen) atoms. The number of nitrogens with one attached hydrogen (secondary N) is 1. The first kappa shape index (κ1) is 19.0. The van der Waals surface area contributed by atoms with Crippen molar-refractivity contribution in [3.8, 4) is 11.4 Å². The number of hydrogen-bond acceptors (Lipinski definition) is 5. The largest absolute Gasteiger partial charge is 0.489 e. The number of halogens is 1. The monoisotopic (exact) mass is 395 g/mol. The van der Waals surface area contributed by atoms with Crippen molar-refractivity contribution in [2.75, 3.05) is 11.9 Å². The van der Waals surface area contributed by atoms with Gasteiger partial charge in [-0.25, -0.2) is 19.0 Å². The fourth-order valence-electron chi connectivity index (χ4n) is 3.51. The molecule has 0 radical (unpaired) electrons. The van der Waals surface area contributed by atoms with Gasteiger partial charge in [0.15, 0.2) is 11.6 Å². The van der Waals surface area contributed by atoms with E-state index < -0.39 is 11.7 Å². The molecule has 4 rings (SSSR count). The summed E-state index contributed by atoms with van der Waals surface area (Å²) in [5.74, 6) is 0.347. The number of anilines is 1. The van der Waals surface area contributed by atoms with Crippen LogP contribution in [0.1, 0.15) is 42.5 Å². The summed E-state index contributed by atoms with van der Waals surface area (Å²) in [5.41, 5.74) is 0.392. The van der Waals surface area contributed by atoms with Crippen molar-refractivity contribution in [1.29, 1.82) is 0 Å². The number of carbonyl (C=O) groups is 1. The second-order valence-electron chi connectivity index (χ2n) is 7.13. The maximum Gasteiger partial charge on any atom is 0.257 e. The summed E-state index contributed by atoms with van der Waals surface area (Å²) < 4.78 is 21.6. The van der Waals surface area contributed by atoms with Crippen molar-refractivity contribution in [3.63, 3.8) is 0 Å². The zero-order valence-corrected chi connectivity index (χ0v) is 15.9. The Labute approximate surface area is 167 Å². The van der Waals surface area contributed by atoms with Crippen LogP contribution in [-0.4, -0.2) is 32.3 Å². The van der Waals surface area contributed by atoms with Gasteiger partial charge in [-0.3, -0.25) is 4.79 Å². The molecule has 0 atom stereocenters. The highest BCUT2D eigenvalue weighted by molar-refractivity contribution is 6.04. The van der Waals surface area contributed by atoms with Gasteiger partial charge in [-0.1, -0.05) is 19.3 Å². The van der Waals surface area contributed by atoms with Gasteiger partial charge < -0.3 is 10.1 Å². The molecule has 150 valence electrons. The predicted octanol–water partition coefficient (Wildman–Crippen LogP) is 4.01. The number of ether oxygens (including phenoxy) is 1. The Morgan fingerprint density at radius 3 is 2.86 bits per heavy atom. The Kier molecular flexibility index (Phi) is 5.79. The molecule has 0 unspecified atom stereocenters. The lowest BCUT2D eigenvalue weighted by molar-refractivity contribution is 0.102. The zero-order valence-electron chi connectivity index (χ0n) is 15.9. The van der Waals surface area contributed by atoms with Crippen LogP contribution in [0.2, 0.25) is 0 Å². The SMILES string of the molecule is O=C(Nc1ncccc1OCC1CCCCC1)c1ccc(-n2cncn2)c(F)c1. The summed E-state index contributed by atoms with van der Waals surface area (Å²) in [6.45, 7) is 0.607. The van der Waals surface area contributed by atoms with Gasteiger partial charge in [-0.15, -0.1) is 0 Å². The average molecular weight is 395 g/mol. The summed E-state index contributed by atoms with van der Waals surface area (Å²) in [5, 5.41) is 6.62. The normalized spacial score (nSPS) is 14.5. The van der Waals surface area contributed by atoms with E-state index in [0.29, 0.717) is 24.1 Å². The quantitative estimate of drug-likeness (QED) is 0.682. The number of carbonyl (C=O) groups excluding carboxylic acids is 1. The van der Waals surface area contributed by atoms with Crippen LogP contribution in [0, 0.1) is 11.7 Å². The van der Waals surface area contributed by atoms with E-state index in [4.69, 9.17) is 4.74 Å². The molecule has 3 aromatic rings. The van der Waals surface area contributed by atoms with Gasteiger partial charge >= 0.3 is 0 Å². The van der Waals surface area contributed by atoms with Gasteiger partial charge in [0, 0.05) is 11.8 Å². The lowest BCUT2D eigenvalue weighted by Crippen LogP contribution is -2.18. The van der Waals surface area contributed by atoms with Crippen molar-refractivity contribution in [2.45, 2.75) is 32.1 Å². The van der Waals surface area contributed by atoms with Crippen LogP contribution in [-0.2, 0) is 0 Å². The summed E-state index contributed by atoms with van der Waals surface area (Å²) >= 11 is 0. The van der Waals surface area contributed by atoms with Crippen molar-refractivity contribution in [1.82, 2.24) is 19.7 Å². The Bertz CT molecular complexity index is 971. The van der Waals surface area contributed by atoms with Crippen LogP contribution < -0.4 is 10.1 Å². The summed E-state index contributed by atoms with van der Waals surface area (Å²) in [6, 6.07) is 7.72. The number of pyridine rings is 1. The smallest absolute Gasteiger partial charge is 0.257 e. The fourth-order valence-corrected chi connectivity index (χ4v) is 3.51. The summed E-state index contributed by atoms with van der Waals surface area (Å²) in [6.07, 6.45) is 10.4. The van der Waals surface area contributed by atoms with E-state index in [1.54, 1.807) is 18.3 Å². The Morgan fingerprint density at radius 2 is 2.10 bits per heavy atom. The van der Waals surface area contributed by atoms with Crippen LogP contribution in [0.3, 0.4) is 0 Å². The minimum atomic E-state index is -0.571. The first-order chi connectivity index (χ1) is 14.2. The molecule has 1 saturated carbocycles. The molecule has 1 aliphatic carbocycles. The average Bonchev–Trinajstić information content (AvgIpc) is 3.28. The number of amides is 1. The van der Waals surface area contributed by atoms with Gasteiger partial charge in [-0.2, -0.15) is 5.10 Å². The molecule has 0 spiro atoms. The Balaban J connectivity index is 1.45. The van der Waals surface area contributed by atoms with Gasteiger partial charge in [0.05, 0.1) is 6.61 Å². The Morgan fingerprint density at radius 1 is 1.24 bits per heavy atom. The summed E-state index contributed by atoms with van der Waals surface area (Å²) in [7, 11) is 0. The molecule has 2 aromatic heterocycles. The third-order valence-electron chi connectivity index (χ3n) is 5.08. The maximum absolute atomic E-state index is 14.4. The van der Waals surface area contributed by atoms with E-state index >= 15 is 0 Å². The standard InChI is InChI=1S/C21H22FN5O2/c22-17-11-16(8-9-18(17)27-14-23-13-25-27)21(28)26-20-19(7-4-10-24-20)29-12-15-5-2-1-3-6-15/h4,7-11,13-15H,1-3,5-6,12H2,(H,24,26,28). The topological polar surface area (TPSA) is 81.9 Å². The van der Waals surface area contributed by atoms with Crippen molar-refractivity contribution in [3.05, 3.63) is 60.6 Å². The van der Waals surface area contributed by atoms with Crippen LogP contribution in [0.5, 0.6) is 5.75 Å². The second-order valence-corrected chi connectivity index (χ2v) is 7.13. The van der Waals surface area contributed by atoms with Gasteiger partial charge in [0.1, 0.15) is 24.2 Å². The fraction of sp³-hybridized carbons (Fsp3) is 0.333. The number of hydrogen-bond donors (Lipinski definition) is 1. The van der Waals surface area contributed by atoms with Crippen molar-refractivity contribution >= 4 is 11.7 Å².